The zero-order valence-corrected chi connectivity index (χ0v) is 18.4. The van der Waals surface area contributed by atoms with Crippen LogP contribution in [-0.4, -0.2) is 60.6 Å². The molecule has 0 aromatic carbocycles. The minimum Gasteiger partial charge on any atom is -0.378 e. The summed E-state index contributed by atoms with van der Waals surface area (Å²) in [4.78, 5) is 20.1. The molecule has 0 bridgehead atoms. The molecule has 1 N–H and O–H groups in total. The number of thiazole rings is 1. The maximum Gasteiger partial charge on any atom is 0.333 e. The summed E-state index contributed by atoms with van der Waals surface area (Å²) in [5.74, 6) is 1.06. The standard InChI is InChI=1S/C17H16BrF2N9OS/c18-11-6-21-12(31-11)7-22-14-13-15(26-17(25-14)27-1-3-30-4-2-27)28(9-23-13)10-5-24-29(8-10)16(19)20/h5-6,8-9,16H,1-4,7H2,(H,22,25,26). The molecule has 0 amide bonds. The van der Waals surface area contributed by atoms with E-state index in [9.17, 15) is 8.78 Å². The summed E-state index contributed by atoms with van der Waals surface area (Å²) in [5, 5.41) is 7.88. The van der Waals surface area contributed by atoms with Crippen LogP contribution in [0.2, 0.25) is 0 Å². The minimum atomic E-state index is -2.73. The molecule has 4 aromatic rings. The summed E-state index contributed by atoms with van der Waals surface area (Å²) in [5.41, 5.74) is 1.45. The molecule has 1 aliphatic heterocycles. The summed E-state index contributed by atoms with van der Waals surface area (Å²) in [6.45, 7) is 0.206. The fourth-order valence-electron chi connectivity index (χ4n) is 3.19. The van der Waals surface area contributed by atoms with Gasteiger partial charge < -0.3 is 15.0 Å². The summed E-state index contributed by atoms with van der Waals surface area (Å²) >= 11 is 4.93. The molecule has 4 aromatic heterocycles. The van der Waals surface area contributed by atoms with Crippen molar-refractivity contribution in [2.45, 2.75) is 13.1 Å². The Morgan fingerprint density at radius 2 is 2.03 bits per heavy atom. The van der Waals surface area contributed by atoms with Crippen LogP contribution in [-0.2, 0) is 11.3 Å². The number of rotatable bonds is 6. The number of hydrogen-bond donors (Lipinski definition) is 1. The zero-order chi connectivity index (χ0) is 21.4. The van der Waals surface area contributed by atoms with Crippen molar-refractivity contribution in [2.75, 3.05) is 36.5 Å². The van der Waals surface area contributed by atoms with Crippen LogP contribution in [0.25, 0.3) is 16.9 Å². The molecule has 5 rings (SSSR count). The number of anilines is 2. The van der Waals surface area contributed by atoms with Crippen molar-refractivity contribution in [1.29, 1.82) is 0 Å². The third-order valence-corrected chi connectivity index (χ3v) is 6.15. The molecule has 162 valence electrons. The number of imidazole rings is 1. The van der Waals surface area contributed by atoms with Crippen molar-refractivity contribution in [3.05, 3.63) is 33.7 Å². The highest BCUT2D eigenvalue weighted by atomic mass is 79.9. The molecular weight excluding hydrogens is 496 g/mol. The van der Waals surface area contributed by atoms with Gasteiger partial charge in [-0.15, -0.1) is 11.3 Å². The average Bonchev–Trinajstić information content (AvgIpc) is 3.51. The quantitative estimate of drug-likeness (QED) is 0.421. The number of hydrogen-bond acceptors (Lipinski definition) is 9. The first kappa shape index (κ1) is 20.2. The lowest BCUT2D eigenvalue weighted by atomic mass is 10.4. The largest absolute Gasteiger partial charge is 0.378 e. The van der Waals surface area contributed by atoms with E-state index in [1.54, 1.807) is 10.8 Å². The number of alkyl halides is 2. The molecule has 31 heavy (non-hydrogen) atoms. The smallest absolute Gasteiger partial charge is 0.333 e. The highest BCUT2D eigenvalue weighted by Gasteiger charge is 2.21. The Hall–Kier alpha value is -2.71. The Labute approximate surface area is 187 Å². The average molecular weight is 512 g/mol. The fourth-order valence-corrected chi connectivity index (χ4v) is 4.44. The maximum atomic E-state index is 13.0. The molecule has 1 saturated heterocycles. The van der Waals surface area contributed by atoms with Gasteiger partial charge in [0.05, 0.1) is 47.8 Å². The van der Waals surface area contributed by atoms with Gasteiger partial charge in [-0.25, -0.2) is 14.6 Å². The molecule has 0 unspecified atom stereocenters. The number of halogens is 3. The van der Waals surface area contributed by atoms with Crippen LogP contribution >= 0.6 is 27.3 Å². The molecular formula is C17H16BrF2N9OS. The van der Waals surface area contributed by atoms with Crippen LogP contribution in [0.4, 0.5) is 20.5 Å². The van der Waals surface area contributed by atoms with Gasteiger partial charge in [-0.3, -0.25) is 4.57 Å². The van der Waals surface area contributed by atoms with E-state index >= 15 is 0 Å². The number of morpholine rings is 1. The van der Waals surface area contributed by atoms with Crippen molar-refractivity contribution < 1.29 is 13.5 Å². The van der Waals surface area contributed by atoms with E-state index in [0.717, 1.165) is 8.79 Å². The van der Waals surface area contributed by atoms with Crippen molar-refractivity contribution >= 4 is 50.2 Å². The maximum absolute atomic E-state index is 13.0. The lowest BCUT2D eigenvalue weighted by Crippen LogP contribution is -2.37. The molecule has 1 aliphatic rings. The van der Waals surface area contributed by atoms with Crippen molar-refractivity contribution in [1.82, 2.24) is 34.3 Å². The monoisotopic (exact) mass is 511 g/mol. The Morgan fingerprint density at radius 1 is 1.19 bits per heavy atom. The van der Waals surface area contributed by atoms with Crippen molar-refractivity contribution in [3.8, 4) is 5.69 Å². The van der Waals surface area contributed by atoms with Gasteiger partial charge in [-0.05, 0) is 15.9 Å². The van der Waals surface area contributed by atoms with Crippen LogP contribution in [0.3, 0.4) is 0 Å². The van der Waals surface area contributed by atoms with Crippen molar-refractivity contribution in [3.63, 3.8) is 0 Å². The van der Waals surface area contributed by atoms with Gasteiger partial charge in [0.1, 0.15) is 11.3 Å². The fraction of sp³-hybridized carbons (Fsp3) is 0.353. The Kier molecular flexibility index (Phi) is 5.50. The normalized spacial score (nSPS) is 14.6. The summed E-state index contributed by atoms with van der Waals surface area (Å²) < 4.78 is 34.5. The van der Waals surface area contributed by atoms with Crippen LogP contribution in [0.5, 0.6) is 0 Å². The number of ether oxygens (including phenoxy) is 1. The predicted molar refractivity (Wildman–Crippen MR) is 114 cm³/mol. The third kappa shape index (κ3) is 4.09. The van der Waals surface area contributed by atoms with E-state index in [4.69, 9.17) is 4.74 Å². The second-order valence-corrected chi connectivity index (χ2v) is 9.12. The van der Waals surface area contributed by atoms with Crippen LogP contribution in [0.15, 0.2) is 28.7 Å². The first-order chi connectivity index (χ1) is 15.1. The zero-order valence-electron chi connectivity index (χ0n) is 16.0. The molecule has 0 saturated carbocycles. The van der Waals surface area contributed by atoms with E-state index < -0.39 is 6.55 Å². The predicted octanol–water partition coefficient (Wildman–Crippen LogP) is 3.07. The van der Waals surface area contributed by atoms with E-state index in [0.29, 0.717) is 66.1 Å². The van der Waals surface area contributed by atoms with Gasteiger partial charge in [0.25, 0.3) is 0 Å². The molecule has 1 fully saturated rings. The third-order valence-electron chi connectivity index (χ3n) is 4.68. The number of nitrogens with zero attached hydrogens (tertiary/aromatic N) is 8. The van der Waals surface area contributed by atoms with Crippen LogP contribution in [0, 0.1) is 0 Å². The van der Waals surface area contributed by atoms with E-state index in [1.807, 2.05) is 4.90 Å². The number of nitrogens with one attached hydrogen (secondary N) is 1. The molecule has 14 heteroatoms. The van der Waals surface area contributed by atoms with E-state index in [2.05, 4.69) is 46.3 Å². The highest BCUT2D eigenvalue weighted by molar-refractivity contribution is 9.11. The molecule has 0 radical (unpaired) electrons. The lowest BCUT2D eigenvalue weighted by Gasteiger charge is -2.27. The lowest BCUT2D eigenvalue weighted by molar-refractivity contribution is 0.0566. The van der Waals surface area contributed by atoms with Gasteiger partial charge in [0.2, 0.25) is 5.95 Å². The Balaban J connectivity index is 1.55. The molecule has 5 heterocycles. The first-order valence-electron chi connectivity index (χ1n) is 9.33. The molecule has 10 nitrogen and oxygen atoms in total. The second kappa shape index (κ2) is 8.43. The van der Waals surface area contributed by atoms with Crippen molar-refractivity contribution in [2.24, 2.45) is 0 Å². The van der Waals surface area contributed by atoms with E-state index in [-0.39, 0.29) is 0 Å². The van der Waals surface area contributed by atoms with Gasteiger partial charge in [0, 0.05) is 13.1 Å². The topological polar surface area (TPSA) is 98.8 Å². The first-order valence-corrected chi connectivity index (χ1v) is 10.9. The second-order valence-electron chi connectivity index (χ2n) is 6.63. The molecule has 0 aliphatic carbocycles. The Morgan fingerprint density at radius 3 is 2.74 bits per heavy atom. The SMILES string of the molecule is FC(F)n1cc(-n2cnc3c(NCc4ncc(Br)s4)nc(N4CCOCC4)nc32)cn1. The van der Waals surface area contributed by atoms with Gasteiger partial charge in [0.15, 0.2) is 17.0 Å². The van der Waals surface area contributed by atoms with Gasteiger partial charge in [-0.1, -0.05) is 0 Å². The summed E-state index contributed by atoms with van der Waals surface area (Å²) in [7, 11) is 0. The number of fused-ring (bicyclic) bond motifs is 1. The minimum absolute atomic E-state index is 0.434. The number of aromatic nitrogens is 7. The summed E-state index contributed by atoms with van der Waals surface area (Å²) in [6.07, 6.45) is 5.87. The van der Waals surface area contributed by atoms with Crippen LogP contribution < -0.4 is 10.2 Å². The Bertz CT molecular complexity index is 1200. The van der Waals surface area contributed by atoms with Gasteiger partial charge >= 0.3 is 6.55 Å². The van der Waals surface area contributed by atoms with Gasteiger partial charge in [-0.2, -0.15) is 23.8 Å². The van der Waals surface area contributed by atoms with E-state index in [1.165, 1.54) is 30.1 Å². The molecule has 0 spiro atoms. The summed E-state index contributed by atoms with van der Waals surface area (Å²) in [6, 6.07) is 0. The highest BCUT2D eigenvalue weighted by Crippen LogP contribution is 2.27. The van der Waals surface area contributed by atoms with Crippen LogP contribution in [0.1, 0.15) is 11.6 Å². The molecule has 0 atom stereocenters.